The lowest BCUT2D eigenvalue weighted by molar-refractivity contribution is 0.0202. The fourth-order valence-electron chi connectivity index (χ4n) is 3.42. The lowest BCUT2D eigenvalue weighted by Gasteiger charge is -2.28. The van der Waals surface area contributed by atoms with E-state index < -0.39 is 17.4 Å². The molecular formula is C24H32BrN5O5. The zero-order valence-corrected chi connectivity index (χ0v) is 22.7. The Balaban J connectivity index is 1.71. The van der Waals surface area contributed by atoms with Crippen molar-refractivity contribution in [3.8, 4) is 17.1 Å². The van der Waals surface area contributed by atoms with E-state index in [4.69, 9.17) is 14.2 Å². The maximum absolute atomic E-state index is 12.4. The maximum Gasteiger partial charge on any atom is 0.514 e. The second-order valence-corrected chi connectivity index (χ2v) is 11.2. The van der Waals surface area contributed by atoms with Crippen LogP contribution in [-0.4, -0.2) is 69.7 Å². The number of pyridine rings is 1. The Kier molecular flexibility index (Phi) is 7.88. The SMILES string of the molecule is CN(C(=O)OC(C)(C)C)[C@@H]1CCN(c2ccc(-c3ncc(Br)cc3OC(=O)OC(C)(C)C)nn2)C1. The highest BCUT2D eigenvalue weighted by Gasteiger charge is 2.32. The van der Waals surface area contributed by atoms with Crippen LogP contribution in [0.4, 0.5) is 15.4 Å². The van der Waals surface area contributed by atoms with Gasteiger partial charge in [0.15, 0.2) is 11.6 Å². The highest BCUT2D eigenvalue weighted by molar-refractivity contribution is 9.10. The molecule has 0 aromatic carbocycles. The van der Waals surface area contributed by atoms with Crippen molar-refractivity contribution in [2.45, 2.75) is 65.2 Å². The van der Waals surface area contributed by atoms with Crippen molar-refractivity contribution in [3.05, 3.63) is 28.9 Å². The zero-order valence-electron chi connectivity index (χ0n) is 21.2. The molecule has 11 heteroatoms. The summed E-state index contributed by atoms with van der Waals surface area (Å²) in [7, 11) is 1.75. The van der Waals surface area contributed by atoms with Gasteiger partial charge in [-0.15, -0.1) is 10.2 Å². The van der Waals surface area contributed by atoms with Crippen LogP contribution in [0.1, 0.15) is 48.0 Å². The van der Waals surface area contributed by atoms with Gasteiger partial charge in [-0.25, -0.2) is 14.6 Å². The number of ether oxygens (including phenoxy) is 3. The van der Waals surface area contributed by atoms with E-state index in [1.807, 2.05) is 26.8 Å². The number of rotatable bonds is 4. The van der Waals surface area contributed by atoms with Gasteiger partial charge in [-0.05, 0) is 82.1 Å². The molecule has 3 rings (SSSR count). The second kappa shape index (κ2) is 10.3. The van der Waals surface area contributed by atoms with Crippen LogP contribution in [0.3, 0.4) is 0 Å². The number of carbonyl (C=O) groups excluding carboxylic acids is 2. The summed E-state index contributed by atoms with van der Waals surface area (Å²) in [5.41, 5.74) is -0.426. The van der Waals surface area contributed by atoms with Crippen molar-refractivity contribution in [1.82, 2.24) is 20.1 Å². The van der Waals surface area contributed by atoms with E-state index in [0.29, 0.717) is 28.2 Å². The minimum absolute atomic E-state index is 0.00768. The Morgan fingerprint density at radius 3 is 2.37 bits per heavy atom. The van der Waals surface area contributed by atoms with Gasteiger partial charge in [0.05, 0.1) is 6.04 Å². The molecular weight excluding hydrogens is 518 g/mol. The first kappa shape index (κ1) is 26.7. The van der Waals surface area contributed by atoms with E-state index in [1.54, 1.807) is 51.0 Å². The summed E-state index contributed by atoms with van der Waals surface area (Å²) in [6.45, 7) is 12.2. The van der Waals surface area contributed by atoms with E-state index >= 15 is 0 Å². The summed E-state index contributed by atoms with van der Waals surface area (Å²) in [5, 5.41) is 8.67. The van der Waals surface area contributed by atoms with Gasteiger partial charge in [-0.1, -0.05) is 0 Å². The van der Waals surface area contributed by atoms with Gasteiger partial charge in [-0.3, -0.25) is 0 Å². The van der Waals surface area contributed by atoms with Crippen LogP contribution in [0, 0.1) is 0 Å². The molecule has 10 nitrogen and oxygen atoms in total. The number of hydrogen-bond acceptors (Lipinski definition) is 9. The van der Waals surface area contributed by atoms with Gasteiger partial charge >= 0.3 is 12.2 Å². The number of nitrogens with zero attached hydrogens (tertiary/aromatic N) is 5. The first-order chi connectivity index (χ1) is 16.2. The van der Waals surface area contributed by atoms with Crippen LogP contribution in [-0.2, 0) is 9.47 Å². The molecule has 0 aliphatic carbocycles. The van der Waals surface area contributed by atoms with Crippen molar-refractivity contribution in [2.24, 2.45) is 0 Å². The quantitative estimate of drug-likeness (QED) is 0.483. The minimum Gasteiger partial charge on any atom is -0.444 e. The Labute approximate surface area is 214 Å². The Morgan fingerprint density at radius 1 is 1.09 bits per heavy atom. The van der Waals surface area contributed by atoms with E-state index in [0.717, 1.165) is 13.0 Å². The molecule has 190 valence electrons. The third-order valence-electron chi connectivity index (χ3n) is 5.01. The lowest BCUT2D eigenvalue weighted by Crippen LogP contribution is -2.42. The van der Waals surface area contributed by atoms with Gasteiger partial charge < -0.3 is 24.0 Å². The van der Waals surface area contributed by atoms with E-state index in [1.165, 1.54) is 0 Å². The van der Waals surface area contributed by atoms with Crippen LogP contribution in [0.25, 0.3) is 11.4 Å². The third-order valence-corrected chi connectivity index (χ3v) is 5.45. The first-order valence-electron chi connectivity index (χ1n) is 11.3. The molecule has 0 bridgehead atoms. The minimum atomic E-state index is -0.833. The summed E-state index contributed by atoms with van der Waals surface area (Å²) in [5.74, 6) is 0.886. The molecule has 2 aromatic heterocycles. The lowest BCUT2D eigenvalue weighted by atomic mass is 10.2. The van der Waals surface area contributed by atoms with E-state index in [9.17, 15) is 9.59 Å². The fraction of sp³-hybridized carbons (Fsp3) is 0.542. The highest BCUT2D eigenvalue weighted by atomic mass is 79.9. The van der Waals surface area contributed by atoms with Crippen molar-refractivity contribution in [1.29, 1.82) is 0 Å². The molecule has 0 spiro atoms. The topological polar surface area (TPSA) is 107 Å². The second-order valence-electron chi connectivity index (χ2n) is 10.3. The number of halogens is 1. The molecule has 1 fully saturated rings. The molecule has 0 saturated carbocycles. The van der Waals surface area contributed by atoms with Crippen LogP contribution in [0.5, 0.6) is 5.75 Å². The molecule has 0 N–H and O–H groups in total. The van der Waals surface area contributed by atoms with Crippen molar-refractivity contribution < 1.29 is 23.8 Å². The number of likely N-dealkylation sites (N-methyl/N-ethyl adjacent to an activating group) is 1. The summed E-state index contributed by atoms with van der Waals surface area (Å²) < 4.78 is 16.8. The summed E-state index contributed by atoms with van der Waals surface area (Å²) >= 11 is 3.35. The van der Waals surface area contributed by atoms with Gasteiger partial charge in [0, 0.05) is 30.8 Å². The third kappa shape index (κ3) is 7.51. The Morgan fingerprint density at radius 2 is 1.77 bits per heavy atom. The molecule has 0 radical (unpaired) electrons. The molecule has 1 saturated heterocycles. The average Bonchev–Trinajstić information content (AvgIpc) is 3.21. The van der Waals surface area contributed by atoms with Crippen molar-refractivity contribution >= 4 is 34.0 Å². The van der Waals surface area contributed by atoms with Gasteiger partial charge in [0.1, 0.15) is 22.6 Å². The molecule has 1 amide bonds. The van der Waals surface area contributed by atoms with Crippen LogP contribution < -0.4 is 9.64 Å². The molecule has 1 atom stereocenters. The summed E-state index contributed by atoms with van der Waals surface area (Å²) in [6.07, 6.45) is 1.20. The van der Waals surface area contributed by atoms with Crippen LogP contribution in [0.2, 0.25) is 0 Å². The monoisotopic (exact) mass is 549 g/mol. The summed E-state index contributed by atoms with van der Waals surface area (Å²) in [4.78, 5) is 32.7. The fourth-order valence-corrected chi connectivity index (χ4v) is 3.73. The molecule has 35 heavy (non-hydrogen) atoms. The van der Waals surface area contributed by atoms with Gasteiger partial charge in [-0.2, -0.15) is 0 Å². The predicted octanol–water partition coefficient (Wildman–Crippen LogP) is 5.06. The maximum atomic E-state index is 12.4. The van der Waals surface area contributed by atoms with Crippen LogP contribution >= 0.6 is 15.9 Å². The number of amides is 1. The average molecular weight is 550 g/mol. The van der Waals surface area contributed by atoms with E-state index in [-0.39, 0.29) is 17.9 Å². The molecule has 2 aromatic rings. The Hall–Kier alpha value is -2.95. The molecule has 1 aliphatic rings. The normalized spacial score (nSPS) is 16.1. The number of anilines is 1. The zero-order chi connectivity index (χ0) is 26.0. The Bertz CT molecular complexity index is 1070. The number of carbonyl (C=O) groups is 2. The largest absolute Gasteiger partial charge is 0.514 e. The van der Waals surface area contributed by atoms with Gasteiger partial charge in [0.25, 0.3) is 0 Å². The number of aromatic nitrogens is 3. The van der Waals surface area contributed by atoms with Crippen molar-refractivity contribution in [3.63, 3.8) is 0 Å². The predicted molar refractivity (Wildman–Crippen MR) is 134 cm³/mol. The van der Waals surface area contributed by atoms with Gasteiger partial charge in [0.2, 0.25) is 0 Å². The molecule has 1 aliphatic heterocycles. The smallest absolute Gasteiger partial charge is 0.444 e. The molecule has 0 unspecified atom stereocenters. The van der Waals surface area contributed by atoms with Crippen LogP contribution in [0.15, 0.2) is 28.9 Å². The molecule has 3 heterocycles. The summed E-state index contributed by atoms with van der Waals surface area (Å²) in [6, 6.07) is 5.23. The number of hydrogen-bond donors (Lipinski definition) is 0. The van der Waals surface area contributed by atoms with E-state index in [2.05, 4.69) is 36.0 Å². The first-order valence-corrected chi connectivity index (χ1v) is 12.1. The van der Waals surface area contributed by atoms with Crippen molar-refractivity contribution in [2.75, 3.05) is 25.0 Å². The highest BCUT2D eigenvalue weighted by Crippen LogP contribution is 2.31. The standard InChI is InChI=1S/C24H32BrN5O5/c1-23(2,3)34-21(31)29(7)16-10-11-30(14-16)19-9-8-17(27-28-19)20-18(12-15(25)13-26-20)33-22(32)35-24(4,5)6/h8-9,12-13,16H,10-11,14H2,1-7H3/t16-/m1/s1.